The largest absolute Gasteiger partial charge is 0.487 e. The summed E-state index contributed by atoms with van der Waals surface area (Å²) in [5.74, 6) is 0.876. The maximum atomic E-state index is 12.4. The predicted octanol–water partition coefficient (Wildman–Crippen LogP) is 5.94. The number of rotatable bonds is 7. The first kappa shape index (κ1) is 25.5. The van der Waals surface area contributed by atoms with E-state index >= 15 is 0 Å². The van der Waals surface area contributed by atoms with Crippen molar-refractivity contribution in [3.63, 3.8) is 0 Å². The molecule has 2 rings (SSSR count). The molecular weight excluding hydrogens is 406 g/mol. The van der Waals surface area contributed by atoms with E-state index in [2.05, 4.69) is 46.5 Å². The van der Waals surface area contributed by atoms with Crippen LogP contribution in [0.1, 0.15) is 79.4 Å². The van der Waals surface area contributed by atoms with Crippen molar-refractivity contribution in [2.75, 3.05) is 5.32 Å². The van der Waals surface area contributed by atoms with Gasteiger partial charge in [0.15, 0.2) is 9.76 Å². The molecule has 1 atom stereocenters. The topological polar surface area (TPSA) is 56.8 Å². The van der Waals surface area contributed by atoms with Gasteiger partial charge in [0.1, 0.15) is 17.5 Å². The maximum absolute atomic E-state index is 12.4. The highest BCUT2D eigenvalue weighted by Gasteiger charge is 2.37. The molecule has 6 heteroatoms. The average molecular weight is 448 g/mol. The Labute approximate surface area is 190 Å². The van der Waals surface area contributed by atoms with E-state index in [0.717, 1.165) is 42.7 Å². The van der Waals surface area contributed by atoms with Gasteiger partial charge in [0.25, 0.3) is 0 Å². The quantitative estimate of drug-likeness (QED) is 0.415. The van der Waals surface area contributed by atoms with Crippen LogP contribution in [-0.2, 0) is 22.0 Å². The first-order valence-corrected chi connectivity index (χ1v) is 12.6. The van der Waals surface area contributed by atoms with Crippen LogP contribution in [-0.4, -0.2) is 33.2 Å². The lowest BCUT2D eigenvalue weighted by Crippen LogP contribution is -2.46. The van der Waals surface area contributed by atoms with Gasteiger partial charge >= 0.3 is 6.09 Å². The van der Waals surface area contributed by atoms with Crippen molar-refractivity contribution in [2.24, 2.45) is 0 Å². The maximum Gasteiger partial charge on any atom is 0.412 e. The molecule has 1 N–H and O–H groups in total. The molecule has 5 nitrogen and oxygen atoms in total. The summed E-state index contributed by atoms with van der Waals surface area (Å²) in [6.45, 7) is 20.4. The molecular formula is C25H41NO4Si. The van der Waals surface area contributed by atoms with E-state index in [1.54, 1.807) is 0 Å². The molecule has 31 heavy (non-hydrogen) atoms. The Morgan fingerprint density at radius 2 is 1.90 bits per heavy atom. The number of hydrogen-bond acceptors (Lipinski definition) is 4. The molecule has 0 spiro atoms. The standard InChI is InChI=1S/C25H41NO4Si/c1-10-11-12-18-19(26-22(27)29-23(2,3)4)15-13-17-14-16-20(28-21(17)18)25(8,9)30-31-24(5,6)7/h10,13,15,20H,1,11-12,14,16,31H2,2-9H3,(H,26,27)/t20-/m1/s1. The monoisotopic (exact) mass is 447 g/mol. The third-order valence-corrected chi connectivity index (χ3v) is 6.92. The molecule has 1 heterocycles. The summed E-state index contributed by atoms with van der Waals surface area (Å²) in [6.07, 6.45) is 4.77. The number of aryl methyl sites for hydroxylation is 1. The lowest BCUT2D eigenvalue weighted by Gasteiger charge is -2.40. The Morgan fingerprint density at radius 3 is 2.48 bits per heavy atom. The van der Waals surface area contributed by atoms with E-state index in [1.165, 1.54) is 5.56 Å². The molecule has 1 aromatic carbocycles. The fraction of sp³-hybridized carbons (Fsp3) is 0.640. The molecule has 0 fully saturated rings. The van der Waals surface area contributed by atoms with Crippen LogP contribution in [0.3, 0.4) is 0 Å². The van der Waals surface area contributed by atoms with Gasteiger partial charge in [0, 0.05) is 5.56 Å². The summed E-state index contributed by atoms with van der Waals surface area (Å²) in [7, 11) is -0.705. The van der Waals surface area contributed by atoms with Gasteiger partial charge in [-0.05, 0) is 77.0 Å². The van der Waals surface area contributed by atoms with Crippen LogP contribution >= 0.6 is 0 Å². The minimum atomic E-state index is -0.705. The summed E-state index contributed by atoms with van der Waals surface area (Å²) < 4.78 is 18.5. The minimum absolute atomic E-state index is 0.0332. The predicted molar refractivity (Wildman–Crippen MR) is 131 cm³/mol. The fourth-order valence-electron chi connectivity index (χ4n) is 3.52. The molecule has 174 valence electrons. The zero-order chi connectivity index (χ0) is 23.4. The minimum Gasteiger partial charge on any atom is -0.487 e. The van der Waals surface area contributed by atoms with E-state index < -0.39 is 21.5 Å². The van der Waals surface area contributed by atoms with E-state index in [4.69, 9.17) is 13.9 Å². The number of fused-ring (bicyclic) bond motifs is 1. The zero-order valence-corrected chi connectivity index (χ0v) is 22.1. The second-order valence-electron chi connectivity index (χ2n) is 11.1. The molecule has 0 saturated carbocycles. The van der Waals surface area contributed by atoms with Crippen molar-refractivity contribution in [1.29, 1.82) is 0 Å². The lowest BCUT2D eigenvalue weighted by molar-refractivity contribution is -0.0244. The Morgan fingerprint density at radius 1 is 1.23 bits per heavy atom. The molecule has 1 aliphatic rings. The second kappa shape index (κ2) is 9.78. The van der Waals surface area contributed by atoms with Gasteiger partial charge in [0.2, 0.25) is 0 Å². The molecule has 0 saturated heterocycles. The van der Waals surface area contributed by atoms with Gasteiger partial charge in [-0.1, -0.05) is 32.9 Å². The van der Waals surface area contributed by atoms with Crippen molar-refractivity contribution in [3.05, 3.63) is 35.9 Å². The zero-order valence-electron chi connectivity index (χ0n) is 20.7. The smallest absolute Gasteiger partial charge is 0.412 e. The Balaban J connectivity index is 2.30. The highest BCUT2D eigenvalue weighted by atomic mass is 28.2. The highest BCUT2D eigenvalue weighted by molar-refractivity contribution is 6.31. The number of hydrogen-bond donors (Lipinski definition) is 1. The molecule has 1 amide bonds. The van der Waals surface area contributed by atoms with Crippen molar-refractivity contribution < 1.29 is 18.7 Å². The van der Waals surface area contributed by atoms with Gasteiger partial charge in [0.05, 0.1) is 11.3 Å². The number of allylic oxidation sites excluding steroid dienone is 1. The number of nitrogens with one attached hydrogen (secondary N) is 1. The number of carbonyl (C=O) groups is 1. The normalized spacial score (nSPS) is 17.2. The first-order valence-electron chi connectivity index (χ1n) is 11.3. The summed E-state index contributed by atoms with van der Waals surface area (Å²) in [5, 5.41) is 3.15. The Bertz CT molecular complexity index is 790. The van der Waals surface area contributed by atoms with Crippen LogP contribution in [0.2, 0.25) is 5.04 Å². The molecule has 1 aromatic rings. The van der Waals surface area contributed by atoms with Crippen molar-refractivity contribution in [2.45, 2.75) is 103 Å². The van der Waals surface area contributed by atoms with Crippen molar-refractivity contribution >= 4 is 21.5 Å². The number of amides is 1. The SMILES string of the molecule is C=CCCc1c(NC(=O)OC(C)(C)C)ccc2c1O[C@@H](C(C)(C)O[SiH2]C(C)(C)C)CC2. The van der Waals surface area contributed by atoms with Crippen molar-refractivity contribution in [1.82, 2.24) is 0 Å². The van der Waals surface area contributed by atoms with Crippen LogP contribution in [0, 0.1) is 0 Å². The average Bonchev–Trinajstić information content (AvgIpc) is 2.63. The van der Waals surface area contributed by atoms with E-state index in [9.17, 15) is 4.79 Å². The summed E-state index contributed by atoms with van der Waals surface area (Å²) >= 11 is 0. The number of benzene rings is 1. The Hall–Kier alpha value is -1.79. The van der Waals surface area contributed by atoms with Crippen LogP contribution in [0.5, 0.6) is 5.75 Å². The van der Waals surface area contributed by atoms with E-state index in [-0.39, 0.29) is 16.7 Å². The molecule has 0 unspecified atom stereocenters. The van der Waals surface area contributed by atoms with Gasteiger partial charge in [-0.2, -0.15) is 0 Å². The fourth-order valence-corrected chi connectivity index (χ4v) is 4.51. The van der Waals surface area contributed by atoms with Gasteiger partial charge < -0.3 is 13.9 Å². The summed E-state index contributed by atoms with van der Waals surface area (Å²) in [4.78, 5) is 12.4. The number of ether oxygens (including phenoxy) is 2. The van der Waals surface area contributed by atoms with Gasteiger partial charge in [-0.25, -0.2) is 4.79 Å². The third kappa shape index (κ3) is 7.69. The van der Waals surface area contributed by atoms with Gasteiger partial charge in [-0.15, -0.1) is 6.58 Å². The number of carbonyl (C=O) groups excluding carboxylic acids is 1. The molecule has 0 bridgehead atoms. The van der Waals surface area contributed by atoms with Crippen LogP contribution in [0.25, 0.3) is 0 Å². The first-order chi connectivity index (χ1) is 14.2. The highest BCUT2D eigenvalue weighted by Crippen LogP contribution is 2.40. The second-order valence-corrected chi connectivity index (χ2v) is 13.8. The summed E-state index contributed by atoms with van der Waals surface area (Å²) in [5.41, 5.74) is 1.99. The molecule has 1 aliphatic heterocycles. The third-order valence-electron chi connectivity index (χ3n) is 5.16. The number of anilines is 1. The lowest BCUT2D eigenvalue weighted by atomic mass is 9.90. The van der Waals surface area contributed by atoms with Crippen LogP contribution in [0.15, 0.2) is 24.8 Å². The van der Waals surface area contributed by atoms with E-state index in [0.29, 0.717) is 0 Å². The van der Waals surface area contributed by atoms with E-state index in [1.807, 2.05) is 39.0 Å². The van der Waals surface area contributed by atoms with Gasteiger partial charge in [-0.3, -0.25) is 5.32 Å². The van der Waals surface area contributed by atoms with Crippen LogP contribution < -0.4 is 10.1 Å². The molecule has 0 aliphatic carbocycles. The van der Waals surface area contributed by atoms with Crippen LogP contribution in [0.4, 0.5) is 10.5 Å². The molecule has 0 aromatic heterocycles. The Kier molecular flexibility index (Phi) is 8.03. The molecule has 0 radical (unpaired) electrons. The van der Waals surface area contributed by atoms with Crippen molar-refractivity contribution in [3.8, 4) is 5.75 Å². The summed E-state index contributed by atoms with van der Waals surface area (Å²) in [6, 6.07) is 4.01.